The fourth-order valence-electron chi connectivity index (χ4n) is 2.63. The Kier molecular flexibility index (Phi) is 6.46. The first-order valence-corrected chi connectivity index (χ1v) is 8.76. The van der Waals surface area contributed by atoms with E-state index in [2.05, 4.69) is 5.32 Å². The standard InChI is InChI=1S/C17H30N2O5/c1-12(23-11-14-7-5-6-8-22-14)15(20)18-13-9-19(10-13)16(21)24-17(2,3)4/h12-14H,5-11H2,1-4H3,(H,18,20)/t12-,14-/m1/s1. The van der Waals surface area contributed by atoms with Crippen LogP contribution < -0.4 is 5.32 Å². The van der Waals surface area contributed by atoms with Crippen molar-refractivity contribution in [2.45, 2.75) is 70.8 Å². The largest absolute Gasteiger partial charge is 0.444 e. The van der Waals surface area contributed by atoms with Crippen molar-refractivity contribution in [2.75, 3.05) is 26.3 Å². The van der Waals surface area contributed by atoms with Crippen molar-refractivity contribution in [3.8, 4) is 0 Å². The molecule has 0 aromatic heterocycles. The Morgan fingerprint density at radius 3 is 2.58 bits per heavy atom. The van der Waals surface area contributed by atoms with Crippen LogP contribution in [-0.4, -0.2) is 67.1 Å². The van der Waals surface area contributed by atoms with Gasteiger partial charge in [-0.1, -0.05) is 0 Å². The lowest BCUT2D eigenvalue weighted by molar-refractivity contribution is -0.137. The van der Waals surface area contributed by atoms with Crippen LogP contribution in [-0.2, 0) is 19.0 Å². The zero-order valence-electron chi connectivity index (χ0n) is 15.2. The Hall–Kier alpha value is -1.34. The van der Waals surface area contributed by atoms with Crippen molar-refractivity contribution < 1.29 is 23.8 Å². The second-order valence-electron chi connectivity index (χ2n) is 7.55. The van der Waals surface area contributed by atoms with Crippen molar-refractivity contribution >= 4 is 12.0 Å². The first-order chi connectivity index (χ1) is 11.2. The number of rotatable bonds is 5. The van der Waals surface area contributed by atoms with Crippen LogP contribution in [0.15, 0.2) is 0 Å². The molecule has 2 atom stereocenters. The lowest BCUT2D eigenvalue weighted by Crippen LogP contribution is -2.62. The predicted molar refractivity (Wildman–Crippen MR) is 88.7 cm³/mol. The van der Waals surface area contributed by atoms with Gasteiger partial charge in [-0.05, 0) is 47.0 Å². The van der Waals surface area contributed by atoms with Gasteiger partial charge < -0.3 is 24.4 Å². The number of nitrogens with zero attached hydrogens (tertiary/aromatic N) is 1. The van der Waals surface area contributed by atoms with Crippen LogP contribution in [0.4, 0.5) is 4.79 Å². The van der Waals surface area contributed by atoms with Gasteiger partial charge in [0.25, 0.3) is 0 Å². The first-order valence-electron chi connectivity index (χ1n) is 8.76. The number of hydrogen-bond acceptors (Lipinski definition) is 5. The van der Waals surface area contributed by atoms with E-state index in [4.69, 9.17) is 14.2 Å². The van der Waals surface area contributed by atoms with Crippen molar-refractivity contribution in [3.05, 3.63) is 0 Å². The van der Waals surface area contributed by atoms with Crippen LogP contribution in [0.5, 0.6) is 0 Å². The van der Waals surface area contributed by atoms with Crippen LogP contribution in [0.1, 0.15) is 47.0 Å². The van der Waals surface area contributed by atoms with Gasteiger partial charge in [-0.2, -0.15) is 0 Å². The van der Waals surface area contributed by atoms with Crippen LogP contribution in [0, 0.1) is 0 Å². The number of amides is 2. The molecule has 138 valence electrons. The SMILES string of the molecule is C[C@@H](OC[C@H]1CCCCO1)C(=O)NC1CN(C(=O)OC(C)(C)C)C1. The minimum Gasteiger partial charge on any atom is -0.444 e. The summed E-state index contributed by atoms with van der Waals surface area (Å²) in [5.41, 5.74) is -0.505. The average molecular weight is 342 g/mol. The molecule has 2 amide bonds. The molecule has 7 heteroatoms. The molecule has 0 aromatic carbocycles. The highest BCUT2D eigenvalue weighted by molar-refractivity contribution is 5.81. The fraction of sp³-hybridized carbons (Fsp3) is 0.882. The topological polar surface area (TPSA) is 77.1 Å². The van der Waals surface area contributed by atoms with Gasteiger partial charge >= 0.3 is 6.09 Å². The summed E-state index contributed by atoms with van der Waals surface area (Å²) >= 11 is 0. The monoisotopic (exact) mass is 342 g/mol. The number of nitrogens with one attached hydrogen (secondary N) is 1. The number of hydrogen-bond donors (Lipinski definition) is 1. The quantitative estimate of drug-likeness (QED) is 0.823. The number of ether oxygens (including phenoxy) is 3. The molecule has 0 unspecified atom stereocenters. The minimum absolute atomic E-state index is 0.0398. The molecule has 0 aromatic rings. The van der Waals surface area contributed by atoms with Gasteiger partial charge in [0.15, 0.2) is 0 Å². The zero-order chi connectivity index (χ0) is 17.7. The van der Waals surface area contributed by atoms with Gasteiger partial charge in [0.1, 0.15) is 11.7 Å². The van der Waals surface area contributed by atoms with Gasteiger partial charge in [-0.15, -0.1) is 0 Å². The number of carbonyl (C=O) groups excluding carboxylic acids is 2. The molecule has 0 aliphatic carbocycles. The molecule has 0 bridgehead atoms. The van der Waals surface area contributed by atoms with E-state index < -0.39 is 11.7 Å². The van der Waals surface area contributed by atoms with Crippen molar-refractivity contribution in [1.82, 2.24) is 10.2 Å². The highest BCUT2D eigenvalue weighted by Crippen LogP contribution is 2.16. The van der Waals surface area contributed by atoms with Gasteiger partial charge in [0.2, 0.25) is 5.91 Å². The second-order valence-corrected chi connectivity index (χ2v) is 7.55. The predicted octanol–water partition coefficient (Wildman–Crippen LogP) is 1.70. The molecule has 1 N–H and O–H groups in total. The molecule has 2 heterocycles. The smallest absolute Gasteiger partial charge is 0.410 e. The highest BCUT2D eigenvalue weighted by Gasteiger charge is 2.35. The van der Waals surface area contributed by atoms with E-state index in [0.29, 0.717) is 19.7 Å². The van der Waals surface area contributed by atoms with E-state index in [1.54, 1.807) is 11.8 Å². The van der Waals surface area contributed by atoms with Gasteiger partial charge in [0.05, 0.1) is 18.8 Å². The Morgan fingerprint density at radius 1 is 1.29 bits per heavy atom. The maximum atomic E-state index is 12.1. The number of carbonyl (C=O) groups is 2. The van der Waals surface area contributed by atoms with Gasteiger partial charge in [0, 0.05) is 19.7 Å². The highest BCUT2D eigenvalue weighted by atomic mass is 16.6. The summed E-state index contributed by atoms with van der Waals surface area (Å²) in [7, 11) is 0. The Bertz CT molecular complexity index is 437. The van der Waals surface area contributed by atoms with E-state index in [1.165, 1.54) is 0 Å². The van der Waals surface area contributed by atoms with Crippen LogP contribution >= 0.6 is 0 Å². The molecule has 0 spiro atoms. The third-order valence-corrected chi connectivity index (χ3v) is 4.05. The third-order valence-electron chi connectivity index (χ3n) is 4.05. The summed E-state index contributed by atoms with van der Waals surface area (Å²) in [5, 5.41) is 2.90. The average Bonchev–Trinajstić information content (AvgIpc) is 2.46. The van der Waals surface area contributed by atoms with Crippen LogP contribution in [0.2, 0.25) is 0 Å². The van der Waals surface area contributed by atoms with Crippen molar-refractivity contribution in [3.63, 3.8) is 0 Å². The summed E-state index contributed by atoms with van der Waals surface area (Å²) in [5.74, 6) is -0.153. The molecular weight excluding hydrogens is 312 g/mol. The Balaban J connectivity index is 1.62. The van der Waals surface area contributed by atoms with Crippen molar-refractivity contribution in [2.24, 2.45) is 0 Å². The molecule has 0 radical (unpaired) electrons. The molecule has 2 fully saturated rings. The van der Waals surface area contributed by atoms with E-state index in [9.17, 15) is 9.59 Å². The third kappa shape index (κ3) is 5.94. The maximum Gasteiger partial charge on any atom is 0.410 e. The molecule has 2 aliphatic heterocycles. The van der Waals surface area contributed by atoms with Crippen molar-refractivity contribution in [1.29, 1.82) is 0 Å². The molecule has 2 aliphatic rings. The lowest BCUT2D eigenvalue weighted by Gasteiger charge is -2.40. The van der Waals surface area contributed by atoms with E-state index in [-0.39, 0.29) is 24.1 Å². The van der Waals surface area contributed by atoms with E-state index in [0.717, 1.165) is 25.9 Å². The van der Waals surface area contributed by atoms with Gasteiger partial charge in [-0.3, -0.25) is 4.79 Å². The molecule has 2 saturated heterocycles. The van der Waals surface area contributed by atoms with E-state index in [1.807, 2.05) is 20.8 Å². The Labute approximate surface area is 144 Å². The molecular formula is C17H30N2O5. The Morgan fingerprint density at radius 2 is 2.00 bits per heavy atom. The van der Waals surface area contributed by atoms with Gasteiger partial charge in [-0.25, -0.2) is 4.79 Å². The van der Waals surface area contributed by atoms with E-state index >= 15 is 0 Å². The van der Waals surface area contributed by atoms with Crippen LogP contribution in [0.3, 0.4) is 0 Å². The minimum atomic E-state index is -0.522. The molecule has 2 rings (SSSR count). The maximum absolute atomic E-state index is 12.1. The fourth-order valence-corrected chi connectivity index (χ4v) is 2.63. The summed E-state index contributed by atoms with van der Waals surface area (Å²) in [4.78, 5) is 25.5. The molecule has 24 heavy (non-hydrogen) atoms. The lowest BCUT2D eigenvalue weighted by atomic mass is 10.1. The molecule has 0 saturated carbocycles. The van der Waals surface area contributed by atoms with Crippen LogP contribution in [0.25, 0.3) is 0 Å². The number of likely N-dealkylation sites (tertiary alicyclic amines) is 1. The molecule has 7 nitrogen and oxygen atoms in total. The summed E-state index contributed by atoms with van der Waals surface area (Å²) in [6.45, 7) is 9.40. The summed E-state index contributed by atoms with van der Waals surface area (Å²) in [6.07, 6.45) is 2.47. The second kappa shape index (κ2) is 8.16. The first kappa shape index (κ1) is 19.0. The zero-order valence-corrected chi connectivity index (χ0v) is 15.2. The summed E-state index contributed by atoms with van der Waals surface area (Å²) < 4.78 is 16.5. The normalized spacial score (nSPS) is 23.3. The summed E-state index contributed by atoms with van der Waals surface area (Å²) in [6, 6.07) is -0.0398.